The third-order valence-corrected chi connectivity index (χ3v) is 5.74. The quantitative estimate of drug-likeness (QED) is 0.668. The lowest BCUT2D eigenvalue weighted by atomic mass is 9.96. The molecule has 0 bridgehead atoms. The van der Waals surface area contributed by atoms with Crippen molar-refractivity contribution >= 4 is 5.69 Å². The number of hydrogen-bond acceptors (Lipinski definition) is 4. The average molecular weight is 367 g/mol. The van der Waals surface area contributed by atoms with Crippen molar-refractivity contribution in [3.63, 3.8) is 0 Å². The zero-order chi connectivity index (χ0) is 19.1. The largest absolute Gasteiger partial charge is 0.398 e. The Morgan fingerprint density at radius 2 is 1.78 bits per heavy atom. The van der Waals surface area contributed by atoms with E-state index in [0.29, 0.717) is 6.04 Å². The number of rotatable bonds is 9. The van der Waals surface area contributed by atoms with Gasteiger partial charge in [0, 0.05) is 31.4 Å². The van der Waals surface area contributed by atoms with Crippen LogP contribution in [-0.2, 0) is 0 Å². The minimum Gasteiger partial charge on any atom is -0.398 e. The monoisotopic (exact) mass is 366 g/mol. The van der Waals surface area contributed by atoms with Crippen LogP contribution in [0.1, 0.15) is 37.4 Å². The lowest BCUT2D eigenvalue weighted by Crippen LogP contribution is -2.38. The van der Waals surface area contributed by atoms with Crippen molar-refractivity contribution in [3.05, 3.63) is 65.7 Å². The Morgan fingerprint density at radius 3 is 2.48 bits per heavy atom. The summed E-state index contributed by atoms with van der Waals surface area (Å²) < 4.78 is 0. The molecule has 1 aliphatic rings. The van der Waals surface area contributed by atoms with Crippen molar-refractivity contribution in [2.75, 3.05) is 45.0 Å². The van der Waals surface area contributed by atoms with Crippen LogP contribution >= 0.6 is 0 Å². The van der Waals surface area contributed by atoms with Gasteiger partial charge >= 0.3 is 0 Å². The second kappa shape index (κ2) is 9.88. The van der Waals surface area contributed by atoms with Crippen LogP contribution in [-0.4, -0.2) is 55.1 Å². The highest BCUT2D eigenvalue weighted by Gasteiger charge is 2.26. The number of nitrogens with two attached hydrogens (primary N) is 1. The van der Waals surface area contributed by atoms with E-state index in [2.05, 4.69) is 71.4 Å². The summed E-state index contributed by atoms with van der Waals surface area (Å²) in [7, 11) is 0. The Labute approximate surface area is 164 Å². The molecule has 2 aromatic carbocycles. The van der Waals surface area contributed by atoms with Gasteiger partial charge in [0.25, 0.3) is 0 Å². The normalized spacial score (nSPS) is 18.9. The maximum atomic E-state index is 6.32. The van der Waals surface area contributed by atoms with E-state index in [1.807, 2.05) is 12.1 Å². The molecule has 1 aliphatic heterocycles. The Morgan fingerprint density at radius 1 is 1.07 bits per heavy atom. The van der Waals surface area contributed by atoms with E-state index in [4.69, 9.17) is 5.73 Å². The third-order valence-electron chi connectivity index (χ3n) is 5.74. The number of likely N-dealkylation sites (tertiary alicyclic amines) is 1. The summed E-state index contributed by atoms with van der Waals surface area (Å²) in [6.45, 7) is 11.3. The first-order chi connectivity index (χ1) is 13.2. The summed E-state index contributed by atoms with van der Waals surface area (Å²) >= 11 is 0. The molecule has 2 atom stereocenters. The molecule has 2 unspecified atom stereocenters. The molecule has 1 fully saturated rings. The molecule has 146 valence electrons. The minimum absolute atomic E-state index is 0.139. The van der Waals surface area contributed by atoms with Crippen LogP contribution < -0.4 is 11.1 Å². The highest BCUT2D eigenvalue weighted by Crippen LogP contribution is 2.28. The van der Waals surface area contributed by atoms with Gasteiger partial charge in [0.05, 0.1) is 6.04 Å². The number of para-hydroxylation sites is 1. The van der Waals surface area contributed by atoms with Crippen molar-refractivity contribution in [1.82, 2.24) is 15.1 Å². The second-order valence-electron chi connectivity index (χ2n) is 7.45. The second-order valence-corrected chi connectivity index (χ2v) is 7.45. The van der Waals surface area contributed by atoms with E-state index in [0.717, 1.165) is 38.4 Å². The molecule has 0 amide bonds. The highest BCUT2D eigenvalue weighted by molar-refractivity contribution is 5.51. The fraction of sp³-hybridized carbons (Fsp3) is 0.478. The lowest BCUT2D eigenvalue weighted by Gasteiger charge is -2.26. The molecule has 0 spiro atoms. The summed E-state index contributed by atoms with van der Waals surface area (Å²) in [5, 5.41) is 3.90. The van der Waals surface area contributed by atoms with Gasteiger partial charge in [-0.1, -0.05) is 62.4 Å². The zero-order valence-electron chi connectivity index (χ0n) is 16.8. The van der Waals surface area contributed by atoms with Crippen LogP contribution in [0.3, 0.4) is 0 Å². The van der Waals surface area contributed by atoms with Crippen LogP contribution in [0, 0.1) is 0 Å². The summed E-state index contributed by atoms with van der Waals surface area (Å²) in [5.41, 5.74) is 9.62. The van der Waals surface area contributed by atoms with Crippen molar-refractivity contribution in [3.8, 4) is 0 Å². The smallest absolute Gasteiger partial charge is 0.0599 e. The Balaban J connectivity index is 1.66. The van der Waals surface area contributed by atoms with Gasteiger partial charge in [0.15, 0.2) is 0 Å². The summed E-state index contributed by atoms with van der Waals surface area (Å²) in [6, 6.07) is 19.5. The molecule has 1 saturated heterocycles. The number of benzene rings is 2. The number of nitrogens with one attached hydrogen (secondary N) is 1. The van der Waals surface area contributed by atoms with Gasteiger partial charge in [-0.05, 0) is 43.2 Å². The SMILES string of the molecule is CCN(CC)CCN1CCC(NC(c2ccccc2)c2ccccc2N)C1. The number of nitrogens with zero attached hydrogens (tertiary/aromatic N) is 2. The first-order valence-corrected chi connectivity index (χ1v) is 10.3. The Bertz CT molecular complexity index is 684. The van der Waals surface area contributed by atoms with E-state index < -0.39 is 0 Å². The first-order valence-electron chi connectivity index (χ1n) is 10.3. The van der Waals surface area contributed by atoms with Gasteiger partial charge in [0.1, 0.15) is 0 Å². The molecule has 0 aromatic heterocycles. The maximum absolute atomic E-state index is 6.32. The van der Waals surface area contributed by atoms with Crippen LogP contribution in [0.4, 0.5) is 5.69 Å². The van der Waals surface area contributed by atoms with Crippen LogP contribution in [0.5, 0.6) is 0 Å². The molecule has 3 N–H and O–H groups in total. The molecule has 2 aromatic rings. The molecule has 0 saturated carbocycles. The predicted octanol–water partition coefficient (Wildman–Crippen LogP) is 3.36. The van der Waals surface area contributed by atoms with Crippen LogP contribution in [0.2, 0.25) is 0 Å². The molecule has 1 heterocycles. The van der Waals surface area contributed by atoms with Crippen molar-refractivity contribution in [2.45, 2.75) is 32.4 Å². The fourth-order valence-corrected chi connectivity index (χ4v) is 4.02. The van der Waals surface area contributed by atoms with Gasteiger partial charge in [-0.25, -0.2) is 0 Å². The zero-order valence-corrected chi connectivity index (χ0v) is 16.8. The van der Waals surface area contributed by atoms with E-state index in [1.54, 1.807) is 0 Å². The molecule has 3 rings (SSSR count). The third kappa shape index (κ3) is 5.32. The topological polar surface area (TPSA) is 44.5 Å². The number of hydrogen-bond donors (Lipinski definition) is 2. The Hall–Kier alpha value is -1.88. The van der Waals surface area contributed by atoms with E-state index >= 15 is 0 Å². The van der Waals surface area contributed by atoms with Crippen molar-refractivity contribution in [2.24, 2.45) is 0 Å². The number of anilines is 1. The molecule has 0 aliphatic carbocycles. The fourth-order valence-electron chi connectivity index (χ4n) is 4.02. The van der Waals surface area contributed by atoms with E-state index in [1.165, 1.54) is 24.1 Å². The first kappa shape index (κ1) is 19.9. The molecule has 0 radical (unpaired) electrons. The molecule has 4 nitrogen and oxygen atoms in total. The van der Waals surface area contributed by atoms with E-state index in [9.17, 15) is 0 Å². The standard InChI is InChI=1S/C23H34N4/c1-3-26(4-2)16-17-27-15-14-20(18-27)25-23(19-10-6-5-7-11-19)21-12-8-9-13-22(21)24/h5-13,20,23,25H,3-4,14-18,24H2,1-2H3. The van der Waals surface area contributed by atoms with Gasteiger partial charge in [-0.3, -0.25) is 0 Å². The predicted molar refractivity (Wildman–Crippen MR) is 115 cm³/mol. The minimum atomic E-state index is 0.139. The molecule has 27 heavy (non-hydrogen) atoms. The van der Waals surface area contributed by atoms with Crippen molar-refractivity contribution in [1.29, 1.82) is 0 Å². The van der Waals surface area contributed by atoms with Gasteiger partial charge in [0.2, 0.25) is 0 Å². The van der Waals surface area contributed by atoms with Gasteiger partial charge < -0.3 is 20.9 Å². The van der Waals surface area contributed by atoms with Crippen LogP contribution in [0.15, 0.2) is 54.6 Å². The van der Waals surface area contributed by atoms with Crippen molar-refractivity contribution < 1.29 is 0 Å². The lowest BCUT2D eigenvalue weighted by molar-refractivity contribution is 0.237. The number of likely N-dealkylation sites (N-methyl/N-ethyl adjacent to an activating group) is 1. The van der Waals surface area contributed by atoms with Crippen LogP contribution in [0.25, 0.3) is 0 Å². The maximum Gasteiger partial charge on any atom is 0.0599 e. The summed E-state index contributed by atoms with van der Waals surface area (Å²) in [6.07, 6.45) is 1.19. The van der Waals surface area contributed by atoms with Gasteiger partial charge in [-0.2, -0.15) is 0 Å². The van der Waals surface area contributed by atoms with Gasteiger partial charge in [-0.15, -0.1) is 0 Å². The summed E-state index contributed by atoms with van der Waals surface area (Å²) in [5.74, 6) is 0. The Kier molecular flexibility index (Phi) is 7.27. The molecular weight excluding hydrogens is 332 g/mol. The van der Waals surface area contributed by atoms with E-state index in [-0.39, 0.29) is 6.04 Å². The summed E-state index contributed by atoms with van der Waals surface area (Å²) in [4.78, 5) is 5.09. The average Bonchev–Trinajstić information content (AvgIpc) is 3.16. The molecular formula is C23H34N4. The molecule has 4 heteroatoms. The highest BCUT2D eigenvalue weighted by atomic mass is 15.2. The number of nitrogen functional groups attached to an aromatic ring is 1.